The normalized spacial score (nSPS) is 11.2. The Balaban J connectivity index is 2.12. The van der Waals surface area contributed by atoms with Crippen molar-refractivity contribution in [1.29, 1.82) is 0 Å². The van der Waals surface area contributed by atoms with Gasteiger partial charge in [0.05, 0.1) is 22.8 Å². The van der Waals surface area contributed by atoms with E-state index >= 15 is 0 Å². The van der Waals surface area contributed by atoms with Gasteiger partial charge in [-0.3, -0.25) is 9.98 Å². The van der Waals surface area contributed by atoms with Gasteiger partial charge in [0, 0.05) is 25.0 Å². The van der Waals surface area contributed by atoms with Crippen LogP contribution >= 0.6 is 0 Å². The summed E-state index contributed by atoms with van der Waals surface area (Å²) in [6.45, 7) is 4.09. The summed E-state index contributed by atoms with van der Waals surface area (Å²) in [4.78, 5) is 8.52. The van der Waals surface area contributed by atoms with Crippen molar-refractivity contribution in [3.05, 3.63) is 65.6 Å². The Hall–Kier alpha value is -2.75. The third kappa shape index (κ3) is 2.55. The second kappa shape index (κ2) is 5.93. The van der Waals surface area contributed by atoms with Crippen molar-refractivity contribution in [3.8, 4) is 16.9 Å². The Morgan fingerprint density at radius 1 is 1.09 bits per heavy atom. The molecular formula is C18H18N4. The second-order valence-electron chi connectivity index (χ2n) is 5.15. The van der Waals surface area contributed by atoms with Crippen LogP contribution in [-0.2, 0) is 0 Å². The van der Waals surface area contributed by atoms with Crippen LogP contribution in [0.15, 0.2) is 53.7 Å². The van der Waals surface area contributed by atoms with Crippen LogP contribution in [0.4, 0.5) is 0 Å². The van der Waals surface area contributed by atoms with Gasteiger partial charge in [-0.05, 0) is 43.7 Å². The summed E-state index contributed by atoms with van der Waals surface area (Å²) in [5, 5.41) is 4.69. The zero-order chi connectivity index (χ0) is 15.5. The Kier molecular flexibility index (Phi) is 3.83. The summed E-state index contributed by atoms with van der Waals surface area (Å²) in [6.07, 6.45) is 3.65. The van der Waals surface area contributed by atoms with E-state index in [4.69, 9.17) is 5.10 Å². The average Bonchev–Trinajstić information content (AvgIpc) is 2.84. The maximum absolute atomic E-state index is 4.69. The van der Waals surface area contributed by atoms with Gasteiger partial charge in [0.2, 0.25) is 0 Å². The van der Waals surface area contributed by atoms with E-state index in [-0.39, 0.29) is 0 Å². The molecule has 22 heavy (non-hydrogen) atoms. The van der Waals surface area contributed by atoms with Crippen LogP contribution in [0.25, 0.3) is 16.9 Å². The fraction of sp³-hybridized carbons (Fsp3) is 0.167. The Labute approximate surface area is 130 Å². The fourth-order valence-electron chi connectivity index (χ4n) is 2.66. The Morgan fingerprint density at radius 3 is 2.68 bits per heavy atom. The highest BCUT2D eigenvalue weighted by Crippen LogP contribution is 2.27. The molecule has 0 N–H and O–H groups in total. The lowest BCUT2D eigenvalue weighted by Crippen LogP contribution is -2.00. The third-order valence-corrected chi connectivity index (χ3v) is 3.61. The molecule has 0 bridgehead atoms. The first-order valence-electron chi connectivity index (χ1n) is 7.21. The molecule has 0 aliphatic carbocycles. The van der Waals surface area contributed by atoms with Crippen molar-refractivity contribution in [3.63, 3.8) is 0 Å². The van der Waals surface area contributed by atoms with E-state index in [1.54, 1.807) is 7.05 Å². The first-order valence-corrected chi connectivity index (χ1v) is 7.21. The van der Waals surface area contributed by atoms with Crippen molar-refractivity contribution in [1.82, 2.24) is 14.8 Å². The molecule has 0 amide bonds. The highest BCUT2D eigenvalue weighted by molar-refractivity contribution is 5.80. The topological polar surface area (TPSA) is 43.1 Å². The lowest BCUT2D eigenvalue weighted by Gasteiger charge is -2.06. The molecule has 0 atom stereocenters. The van der Waals surface area contributed by atoms with Crippen molar-refractivity contribution in [2.45, 2.75) is 13.8 Å². The largest absolute Gasteiger partial charge is 0.296 e. The maximum Gasteiger partial charge on any atom is 0.0739 e. The van der Waals surface area contributed by atoms with E-state index in [2.05, 4.69) is 29.0 Å². The first-order chi connectivity index (χ1) is 10.7. The van der Waals surface area contributed by atoms with Crippen LogP contribution in [0.3, 0.4) is 0 Å². The predicted octanol–water partition coefficient (Wildman–Crippen LogP) is 3.60. The zero-order valence-corrected chi connectivity index (χ0v) is 13.0. The zero-order valence-electron chi connectivity index (χ0n) is 13.0. The van der Waals surface area contributed by atoms with Crippen molar-refractivity contribution in [2.75, 3.05) is 7.05 Å². The lowest BCUT2D eigenvalue weighted by molar-refractivity contribution is 0.833. The fourth-order valence-corrected chi connectivity index (χ4v) is 2.66. The number of pyridine rings is 1. The SMILES string of the molecule is CN=Cc1cccc(-n2nc(C)c(-c3ccccn3)c2C)c1. The van der Waals surface area contributed by atoms with Crippen LogP contribution in [-0.4, -0.2) is 28.0 Å². The number of aryl methyl sites for hydroxylation is 1. The minimum atomic E-state index is 0.954. The lowest BCUT2D eigenvalue weighted by atomic mass is 10.1. The molecule has 2 heterocycles. The molecule has 0 spiro atoms. The van der Waals surface area contributed by atoms with Gasteiger partial charge < -0.3 is 0 Å². The molecular weight excluding hydrogens is 272 g/mol. The first kappa shape index (κ1) is 14.2. The quantitative estimate of drug-likeness (QED) is 0.692. The highest BCUT2D eigenvalue weighted by Gasteiger charge is 2.15. The standard InChI is InChI=1S/C18H18N4/c1-13-18(17-9-4-5-10-20-17)14(2)22(21-13)16-8-6-7-15(11-16)12-19-3/h4-12H,1-3H3. The van der Waals surface area contributed by atoms with E-state index < -0.39 is 0 Å². The minimum absolute atomic E-state index is 0.954. The summed E-state index contributed by atoms with van der Waals surface area (Å²) in [6, 6.07) is 14.1. The van der Waals surface area contributed by atoms with E-state index in [0.29, 0.717) is 0 Å². The second-order valence-corrected chi connectivity index (χ2v) is 5.15. The highest BCUT2D eigenvalue weighted by atomic mass is 15.3. The number of benzene rings is 1. The van der Waals surface area contributed by atoms with Crippen LogP contribution in [0.2, 0.25) is 0 Å². The third-order valence-electron chi connectivity index (χ3n) is 3.61. The molecule has 0 saturated heterocycles. The molecule has 0 unspecified atom stereocenters. The van der Waals surface area contributed by atoms with Crippen LogP contribution < -0.4 is 0 Å². The van der Waals surface area contributed by atoms with Crippen LogP contribution in [0.5, 0.6) is 0 Å². The van der Waals surface area contributed by atoms with E-state index in [1.807, 2.05) is 54.3 Å². The van der Waals surface area contributed by atoms with Gasteiger partial charge in [0.15, 0.2) is 0 Å². The molecule has 0 aliphatic rings. The number of aliphatic imine (C=N–C) groups is 1. The smallest absolute Gasteiger partial charge is 0.0739 e. The number of rotatable bonds is 3. The van der Waals surface area contributed by atoms with Crippen molar-refractivity contribution in [2.24, 2.45) is 4.99 Å². The molecule has 0 aliphatic heterocycles. The number of aromatic nitrogens is 3. The van der Waals surface area contributed by atoms with E-state index in [1.165, 1.54) is 0 Å². The van der Waals surface area contributed by atoms with Crippen LogP contribution in [0.1, 0.15) is 17.0 Å². The average molecular weight is 290 g/mol. The summed E-state index contributed by atoms with van der Waals surface area (Å²) in [7, 11) is 1.77. The molecule has 2 aromatic heterocycles. The van der Waals surface area contributed by atoms with Gasteiger partial charge in [-0.15, -0.1) is 0 Å². The van der Waals surface area contributed by atoms with Gasteiger partial charge >= 0.3 is 0 Å². The molecule has 0 saturated carbocycles. The molecule has 0 fully saturated rings. The minimum Gasteiger partial charge on any atom is -0.296 e. The van der Waals surface area contributed by atoms with Gasteiger partial charge in [0.25, 0.3) is 0 Å². The summed E-state index contributed by atoms with van der Waals surface area (Å²) >= 11 is 0. The van der Waals surface area contributed by atoms with Crippen molar-refractivity contribution < 1.29 is 0 Å². The molecule has 110 valence electrons. The van der Waals surface area contributed by atoms with E-state index in [9.17, 15) is 0 Å². The molecule has 4 heteroatoms. The molecule has 0 radical (unpaired) electrons. The monoisotopic (exact) mass is 290 g/mol. The van der Waals surface area contributed by atoms with Gasteiger partial charge in [-0.25, -0.2) is 4.68 Å². The van der Waals surface area contributed by atoms with Gasteiger partial charge in [-0.2, -0.15) is 5.10 Å². The summed E-state index contributed by atoms with van der Waals surface area (Å²) < 4.78 is 1.96. The molecule has 3 rings (SSSR count). The predicted molar refractivity (Wildman–Crippen MR) is 89.8 cm³/mol. The molecule has 4 nitrogen and oxygen atoms in total. The van der Waals surface area contributed by atoms with E-state index in [0.717, 1.165) is 33.9 Å². The number of nitrogens with zero attached hydrogens (tertiary/aromatic N) is 4. The van der Waals surface area contributed by atoms with Crippen molar-refractivity contribution >= 4 is 6.21 Å². The Bertz CT molecular complexity index is 816. The van der Waals surface area contributed by atoms with Gasteiger partial charge in [-0.1, -0.05) is 18.2 Å². The number of hydrogen-bond acceptors (Lipinski definition) is 3. The summed E-state index contributed by atoms with van der Waals surface area (Å²) in [5.74, 6) is 0. The molecule has 1 aromatic carbocycles. The Morgan fingerprint density at radius 2 is 1.95 bits per heavy atom. The van der Waals surface area contributed by atoms with Crippen LogP contribution in [0, 0.1) is 13.8 Å². The maximum atomic E-state index is 4.69. The summed E-state index contributed by atoms with van der Waals surface area (Å²) in [5.41, 5.74) is 6.20. The van der Waals surface area contributed by atoms with Gasteiger partial charge in [0.1, 0.15) is 0 Å². The molecule has 3 aromatic rings. The number of hydrogen-bond donors (Lipinski definition) is 0.